The van der Waals surface area contributed by atoms with Crippen molar-refractivity contribution in [3.63, 3.8) is 0 Å². The average molecular weight is 210 g/mol. The van der Waals surface area contributed by atoms with E-state index in [9.17, 15) is 0 Å². The van der Waals surface area contributed by atoms with Crippen LogP contribution >= 0.6 is 0 Å². The van der Waals surface area contributed by atoms with E-state index < -0.39 is 0 Å². The smallest absolute Gasteiger partial charge is 0.187 e. The summed E-state index contributed by atoms with van der Waals surface area (Å²) in [4.78, 5) is 0. The van der Waals surface area contributed by atoms with Crippen molar-refractivity contribution in [2.24, 2.45) is 0 Å². The van der Waals surface area contributed by atoms with Gasteiger partial charge in [-0.3, -0.25) is 0 Å². The minimum absolute atomic E-state index is 0. The normalized spacial score (nSPS) is 0. The van der Waals surface area contributed by atoms with Crippen LogP contribution in [0.5, 0.6) is 0 Å². The molecule has 0 bridgehead atoms. The van der Waals surface area contributed by atoms with Gasteiger partial charge in [-0.25, -0.2) is 0 Å². The van der Waals surface area contributed by atoms with Gasteiger partial charge in [-0.05, 0) is 0 Å². The summed E-state index contributed by atoms with van der Waals surface area (Å²) < 4.78 is 0. The fourth-order valence-electron chi connectivity index (χ4n) is 0. The Balaban J connectivity index is 0. The molecule has 0 aromatic heterocycles. The number of hydrogen-bond donors (Lipinski definition) is 0. The van der Waals surface area contributed by atoms with Crippen LogP contribution in [0.2, 0.25) is 0 Å². The Morgan fingerprint density at radius 1 is 0.500 bits per heavy atom. The van der Waals surface area contributed by atoms with Crippen LogP contribution in [0, 0.1) is 0 Å². The quantitative estimate of drug-likeness (QED) is 0.358. The molecule has 0 heterocycles. The van der Waals surface area contributed by atoms with E-state index in [-0.39, 0.29) is 72.2 Å². The topological polar surface area (TPSA) is 94.5 Å². The second-order valence-electron chi connectivity index (χ2n) is 0. The molecule has 6 heavy (non-hydrogen) atoms. The number of hydrogen-bond acceptors (Lipinski definition) is 0. The molecule has 6 heteroatoms. The first-order valence-electron chi connectivity index (χ1n) is 0. The van der Waals surface area contributed by atoms with Gasteiger partial charge in [0, 0.05) is 21.1 Å². The molecule has 0 rings (SSSR count). The molecule has 6 N–H and O–H groups in total. The monoisotopic (exact) mass is 212 g/mol. The Kier molecular flexibility index (Phi) is 1660. The molecule has 0 amide bonds. The van der Waals surface area contributed by atoms with Crippen LogP contribution in [0.3, 0.4) is 0 Å². The summed E-state index contributed by atoms with van der Waals surface area (Å²) in [6.45, 7) is 0. The zero-order valence-corrected chi connectivity index (χ0v) is 3.92. The van der Waals surface area contributed by atoms with E-state index in [0.717, 1.165) is 0 Å². The van der Waals surface area contributed by atoms with Gasteiger partial charge in [-0.1, -0.05) is 0 Å². The average Bonchev–Trinajstić information content (AvgIpc) is 0. The van der Waals surface area contributed by atoms with Crippen molar-refractivity contribution in [1.29, 1.82) is 0 Å². The van der Waals surface area contributed by atoms with Crippen molar-refractivity contribution in [1.82, 2.24) is 0 Å². The van der Waals surface area contributed by atoms with Gasteiger partial charge in [0.1, 0.15) is 0 Å². The first-order chi connectivity index (χ1) is 0. The summed E-state index contributed by atoms with van der Waals surface area (Å²) in [5.74, 6) is 0. The molecule has 0 aliphatic carbocycles. The SMILES string of the molecule is O.O.O.[AlH3].[AlH3].[Mo]. The van der Waals surface area contributed by atoms with Gasteiger partial charge in [0.05, 0.1) is 0 Å². The van der Waals surface area contributed by atoms with Gasteiger partial charge in [0.25, 0.3) is 0 Å². The van der Waals surface area contributed by atoms with Crippen molar-refractivity contribution in [2.45, 2.75) is 0 Å². The van der Waals surface area contributed by atoms with E-state index in [1.807, 2.05) is 0 Å². The van der Waals surface area contributed by atoms with Gasteiger partial charge < -0.3 is 16.4 Å². The van der Waals surface area contributed by atoms with E-state index in [2.05, 4.69) is 0 Å². The van der Waals surface area contributed by atoms with Crippen LogP contribution in [0.25, 0.3) is 0 Å². The summed E-state index contributed by atoms with van der Waals surface area (Å²) in [7, 11) is 0. The summed E-state index contributed by atoms with van der Waals surface area (Å²) in [5.41, 5.74) is 0. The largest absolute Gasteiger partial charge is 0.412 e. The first-order valence-corrected chi connectivity index (χ1v) is 0. The Morgan fingerprint density at radius 2 is 0.500 bits per heavy atom. The fraction of sp³-hybridized carbons (Fsp3) is 0. The van der Waals surface area contributed by atoms with E-state index in [1.165, 1.54) is 0 Å². The second-order valence-corrected chi connectivity index (χ2v) is 0. The maximum Gasteiger partial charge on any atom is 0.187 e. The summed E-state index contributed by atoms with van der Waals surface area (Å²) in [5, 5.41) is 0. The van der Waals surface area contributed by atoms with Crippen LogP contribution in [-0.4, -0.2) is 51.2 Å². The van der Waals surface area contributed by atoms with Crippen LogP contribution in [-0.2, 0) is 21.1 Å². The molecular weight excluding hydrogens is 198 g/mol. The summed E-state index contributed by atoms with van der Waals surface area (Å²) >= 11 is 0. The van der Waals surface area contributed by atoms with Crippen molar-refractivity contribution in [3.05, 3.63) is 0 Å². The third kappa shape index (κ3) is 45.3. The first kappa shape index (κ1) is 126. The molecule has 42 valence electrons. The zero-order chi connectivity index (χ0) is 0. The Hall–Kier alpha value is 1.63. The molecule has 0 aliphatic rings. The van der Waals surface area contributed by atoms with E-state index >= 15 is 0 Å². The van der Waals surface area contributed by atoms with Crippen molar-refractivity contribution < 1.29 is 37.5 Å². The molecule has 0 atom stereocenters. The molecule has 0 unspecified atom stereocenters. The molecule has 0 radical (unpaired) electrons. The Morgan fingerprint density at radius 3 is 0.500 bits per heavy atom. The van der Waals surface area contributed by atoms with Crippen molar-refractivity contribution >= 4 is 34.7 Å². The third-order valence-electron chi connectivity index (χ3n) is 0. The predicted molar refractivity (Wildman–Crippen MR) is 30.7 cm³/mol. The van der Waals surface area contributed by atoms with Gasteiger partial charge in [-0.2, -0.15) is 0 Å². The molecule has 0 aromatic carbocycles. The molecule has 3 nitrogen and oxygen atoms in total. The Labute approximate surface area is 71.9 Å². The van der Waals surface area contributed by atoms with E-state index in [4.69, 9.17) is 0 Å². The number of rotatable bonds is 0. The fourth-order valence-corrected chi connectivity index (χ4v) is 0. The predicted octanol–water partition coefficient (Wildman–Crippen LogP) is -4.84. The third-order valence-corrected chi connectivity index (χ3v) is 0. The van der Waals surface area contributed by atoms with E-state index in [0.29, 0.717) is 0 Å². The minimum atomic E-state index is 0. The molecule has 0 fully saturated rings. The van der Waals surface area contributed by atoms with E-state index in [1.54, 1.807) is 0 Å². The zero-order valence-electron chi connectivity index (χ0n) is 1.91. The van der Waals surface area contributed by atoms with Crippen LogP contribution in [0.15, 0.2) is 0 Å². The maximum absolute atomic E-state index is 0. The van der Waals surface area contributed by atoms with Crippen LogP contribution in [0.1, 0.15) is 0 Å². The molecule has 0 saturated carbocycles. The molecule has 0 saturated heterocycles. The minimum Gasteiger partial charge on any atom is -0.412 e. The van der Waals surface area contributed by atoms with Crippen molar-refractivity contribution in [3.8, 4) is 0 Å². The Bertz CT molecular complexity index is 8.75. The molecule has 0 spiro atoms. The standard InChI is InChI=1S/2Al.Mo.3H2O.6H/h;;;3*1H2;;;;;;. The van der Waals surface area contributed by atoms with Gasteiger partial charge in [0.15, 0.2) is 34.7 Å². The van der Waals surface area contributed by atoms with Gasteiger partial charge >= 0.3 is 0 Å². The molecular formula is H12Al2MoO3. The van der Waals surface area contributed by atoms with Crippen LogP contribution in [0.4, 0.5) is 0 Å². The molecule has 0 aliphatic heterocycles. The van der Waals surface area contributed by atoms with Crippen molar-refractivity contribution in [2.75, 3.05) is 0 Å². The summed E-state index contributed by atoms with van der Waals surface area (Å²) in [6.07, 6.45) is 0. The summed E-state index contributed by atoms with van der Waals surface area (Å²) in [6, 6.07) is 0. The molecule has 0 aromatic rings. The maximum atomic E-state index is 0. The van der Waals surface area contributed by atoms with Gasteiger partial charge in [-0.15, -0.1) is 0 Å². The second kappa shape index (κ2) is 78.9. The van der Waals surface area contributed by atoms with Crippen LogP contribution < -0.4 is 0 Å². The van der Waals surface area contributed by atoms with Gasteiger partial charge in [0.2, 0.25) is 0 Å².